The summed E-state index contributed by atoms with van der Waals surface area (Å²) in [5.41, 5.74) is 0.818. The molecule has 0 radical (unpaired) electrons. The third-order valence-corrected chi connectivity index (χ3v) is 5.29. The molecular weight excluding hydrogens is 379 g/mol. The third kappa shape index (κ3) is 4.71. The maximum atomic E-state index is 12.6. The molecule has 1 aromatic heterocycles. The second-order valence-electron chi connectivity index (χ2n) is 6.33. The largest absolute Gasteiger partial charge is 0.416 e. The number of anilines is 1. The molecule has 0 spiro atoms. The molecule has 27 heavy (non-hydrogen) atoms. The van der Waals surface area contributed by atoms with Gasteiger partial charge in [-0.2, -0.15) is 13.2 Å². The van der Waals surface area contributed by atoms with Crippen molar-refractivity contribution in [2.45, 2.75) is 49.2 Å². The first kappa shape index (κ1) is 19.5. The van der Waals surface area contributed by atoms with Crippen LogP contribution >= 0.6 is 11.8 Å². The van der Waals surface area contributed by atoms with Crippen molar-refractivity contribution in [2.75, 3.05) is 5.32 Å². The molecule has 0 fully saturated rings. The zero-order chi connectivity index (χ0) is 19.6. The highest BCUT2D eigenvalue weighted by molar-refractivity contribution is 8.00. The molecular formula is C18H18F3N3O2S. The van der Waals surface area contributed by atoms with E-state index in [9.17, 15) is 22.8 Å². The highest BCUT2D eigenvalue weighted by Gasteiger charge is 2.30. The molecule has 0 saturated carbocycles. The number of carbonyl (C=O) groups is 1. The Kier molecular flexibility index (Phi) is 5.59. The van der Waals surface area contributed by atoms with E-state index < -0.39 is 17.0 Å². The summed E-state index contributed by atoms with van der Waals surface area (Å²) in [5, 5.41) is 2.36. The standard InChI is InChI=1S/C18H18F3N3O2S/c1-10(15(25)22-12-8-6-11(7-9-12)18(19,20)21)27-17-23-14-5-3-2-4-13(14)16(26)24-17/h6-10H,2-5H2,1H3,(H,22,25)(H,23,24,26). The first-order valence-electron chi connectivity index (χ1n) is 8.51. The highest BCUT2D eigenvalue weighted by atomic mass is 32.2. The molecule has 2 N–H and O–H groups in total. The molecule has 1 heterocycles. The Morgan fingerprint density at radius 2 is 1.89 bits per heavy atom. The van der Waals surface area contributed by atoms with E-state index in [0.29, 0.717) is 17.1 Å². The molecule has 0 aliphatic heterocycles. The first-order chi connectivity index (χ1) is 12.7. The summed E-state index contributed by atoms with van der Waals surface area (Å²) in [6.07, 6.45) is -1.01. The van der Waals surface area contributed by atoms with Gasteiger partial charge in [0, 0.05) is 11.3 Å². The van der Waals surface area contributed by atoms with E-state index >= 15 is 0 Å². The maximum Gasteiger partial charge on any atom is 0.416 e. The lowest BCUT2D eigenvalue weighted by molar-refractivity contribution is -0.137. The van der Waals surface area contributed by atoms with Crippen LogP contribution in [-0.4, -0.2) is 21.1 Å². The predicted molar refractivity (Wildman–Crippen MR) is 96.9 cm³/mol. The van der Waals surface area contributed by atoms with Gasteiger partial charge in [0.25, 0.3) is 5.56 Å². The van der Waals surface area contributed by atoms with Gasteiger partial charge in [0.05, 0.1) is 16.5 Å². The van der Waals surface area contributed by atoms with E-state index in [1.807, 2.05) is 0 Å². The monoisotopic (exact) mass is 397 g/mol. The predicted octanol–water partition coefficient (Wildman–Crippen LogP) is 3.79. The Hall–Kier alpha value is -2.29. The van der Waals surface area contributed by atoms with Crippen molar-refractivity contribution in [3.63, 3.8) is 0 Å². The van der Waals surface area contributed by atoms with Gasteiger partial charge in [-0.15, -0.1) is 0 Å². The molecule has 3 rings (SSSR count). The number of nitrogens with one attached hydrogen (secondary N) is 2. The van der Waals surface area contributed by atoms with Crippen molar-refractivity contribution < 1.29 is 18.0 Å². The minimum absolute atomic E-state index is 0.169. The fourth-order valence-corrected chi connectivity index (χ4v) is 3.66. The number of H-pyrrole nitrogens is 1. The number of aromatic amines is 1. The van der Waals surface area contributed by atoms with Gasteiger partial charge in [-0.3, -0.25) is 9.59 Å². The molecule has 1 amide bonds. The second kappa shape index (κ2) is 7.75. The molecule has 1 aliphatic carbocycles. The number of aromatic nitrogens is 2. The lowest BCUT2D eigenvalue weighted by atomic mass is 9.97. The molecule has 5 nitrogen and oxygen atoms in total. The summed E-state index contributed by atoms with van der Waals surface area (Å²) in [5.74, 6) is -0.389. The van der Waals surface area contributed by atoms with Gasteiger partial charge in [-0.1, -0.05) is 11.8 Å². The fourth-order valence-electron chi connectivity index (χ4n) is 2.84. The Bertz CT molecular complexity index is 894. The average Bonchev–Trinajstić information content (AvgIpc) is 2.61. The van der Waals surface area contributed by atoms with E-state index in [-0.39, 0.29) is 17.2 Å². The van der Waals surface area contributed by atoms with E-state index in [1.54, 1.807) is 6.92 Å². The van der Waals surface area contributed by atoms with Crippen LogP contribution < -0.4 is 10.9 Å². The van der Waals surface area contributed by atoms with Gasteiger partial charge in [0.1, 0.15) is 0 Å². The number of thioether (sulfide) groups is 1. The number of aryl methyl sites for hydroxylation is 1. The van der Waals surface area contributed by atoms with Crippen molar-refractivity contribution in [2.24, 2.45) is 0 Å². The van der Waals surface area contributed by atoms with Crippen molar-refractivity contribution in [3.05, 3.63) is 51.4 Å². The van der Waals surface area contributed by atoms with Crippen LogP contribution in [0.2, 0.25) is 0 Å². The molecule has 2 aromatic rings. The minimum Gasteiger partial charge on any atom is -0.325 e. The Morgan fingerprint density at radius 3 is 2.56 bits per heavy atom. The zero-order valence-corrected chi connectivity index (χ0v) is 15.3. The average molecular weight is 397 g/mol. The number of hydrogen-bond acceptors (Lipinski definition) is 4. The van der Waals surface area contributed by atoms with E-state index in [0.717, 1.165) is 48.9 Å². The van der Waals surface area contributed by atoms with Crippen LogP contribution in [-0.2, 0) is 23.8 Å². The summed E-state index contributed by atoms with van der Waals surface area (Å²) < 4.78 is 37.7. The van der Waals surface area contributed by atoms with Gasteiger partial charge in [-0.25, -0.2) is 4.98 Å². The number of alkyl halides is 3. The van der Waals surface area contributed by atoms with Crippen LogP contribution in [0.15, 0.2) is 34.2 Å². The van der Waals surface area contributed by atoms with Crippen LogP contribution in [0.1, 0.15) is 36.6 Å². The van der Waals surface area contributed by atoms with E-state index in [2.05, 4.69) is 15.3 Å². The molecule has 1 aromatic carbocycles. The number of amides is 1. The number of rotatable bonds is 4. The topological polar surface area (TPSA) is 74.8 Å². The summed E-state index contributed by atoms with van der Waals surface area (Å²) in [6, 6.07) is 4.24. The lowest BCUT2D eigenvalue weighted by Crippen LogP contribution is -2.25. The minimum atomic E-state index is -4.42. The van der Waals surface area contributed by atoms with Crippen LogP contribution in [0.5, 0.6) is 0 Å². The number of halogens is 3. The van der Waals surface area contributed by atoms with Crippen molar-refractivity contribution >= 4 is 23.4 Å². The second-order valence-corrected chi connectivity index (χ2v) is 7.66. The van der Waals surface area contributed by atoms with Crippen molar-refractivity contribution in [1.82, 2.24) is 9.97 Å². The number of benzene rings is 1. The van der Waals surface area contributed by atoms with Gasteiger partial charge >= 0.3 is 6.18 Å². The smallest absolute Gasteiger partial charge is 0.325 e. The summed E-state index contributed by atoms with van der Waals surface area (Å²) in [6.45, 7) is 1.64. The van der Waals surface area contributed by atoms with E-state index in [1.165, 1.54) is 12.1 Å². The normalized spacial score (nSPS) is 15.1. The molecule has 9 heteroatoms. The highest BCUT2D eigenvalue weighted by Crippen LogP contribution is 2.30. The molecule has 0 bridgehead atoms. The molecule has 144 valence electrons. The van der Waals surface area contributed by atoms with E-state index in [4.69, 9.17) is 0 Å². The maximum absolute atomic E-state index is 12.6. The van der Waals surface area contributed by atoms with Gasteiger partial charge in [0.2, 0.25) is 5.91 Å². The van der Waals surface area contributed by atoms with Gasteiger partial charge in [0.15, 0.2) is 5.16 Å². The number of fused-ring (bicyclic) bond motifs is 1. The fraction of sp³-hybridized carbons (Fsp3) is 0.389. The van der Waals surface area contributed by atoms with Crippen LogP contribution in [0.4, 0.5) is 18.9 Å². The molecule has 1 unspecified atom stereocenters. The first-order valence-corrected chi connectivity index (χ1v) is 9.39. The lowest BCUT2D eigenvalue weighted by Gasteiger charge is -2.16. The van der Waals surface area contributed by atoms with Crippen molar-refractivity contribution in [3.8, 4) is 0 Å². The quantitative estimate of drug-likeness (QED) is 0.608. The van der Waals surface area contributed by atoms with Crippen LogP contribution in [0, 0.1) is 0 Å². The molecule has 0 saturated heterocycles. The number of carbonyl (C=O) groups excluding carboxylic acids is 1. The number of nitrogens with zero attached hydrogens (tertiary/aromatic N) is 1. The summed E-state index contributed by atoms with van der Waals surface area (Å²) in [7, 11) is 0. The zero-order valence-electron chi connectivity index (χ0n) is 14.5. The van der Waals surface area contributed by atoms with Crippen LogP contribution in [0.3, 0.4) is 0 Å². The summed E-state index contributed by atoms with van der Waals surface area (Å²) in [4.78, 5) is 31.6. The Labute approximate surface area is 157 Å². The van der Waals surface area contributed by atoms with Gasteiger partial charge in [-0.05, 0) is 56.9 Å². The van der Waals surface area contributed by atoms with Crippen molar-refractivity contribution in [1.29, 1.82) is 0 Å². The molecule has 1 atom stereocenters. The van der Waals surface area contributed by atoms with Crippen LogP contribution in [0.25, 0.3) is 0 Å². The third-order valence-electron chi connectivity index (χ3n) is 4.31. The molecule has 1 aliphatic rings. The Morgan fingerprint density at radius 1 is 1.22 bits per heavy atom. The summed E-state index contributed by atoms with van der Waals surface area (Å²) >= 11 is 1.11. The Balaban J connectivity index is 1.66. The van der Waals surface area contributed by atoms with Gasteiger partial charge < -0.3 is 10.3 Å². The SMILES string of the molecule is CC(Sc1nc2c(c(=O)[nH]1)CCCC2)C(=O)Nc1ccc(C(F)(F)F)cc1. The number of hydrogen-bond donors (Lipinski definition) is 2.